The van der Waals surface area contributed by atoms with E-state index in [1.54, 1.807) is 0 Å². The lowest BCUT2D eigenvalue weighted by Crippen LogP contribution is -2.44. The fourth-order valence-corrected chi connectivity index (χ4v) is 2.96. The van der Waals surface area contributed by atoms with Gasteiger partial charge in [0.05, 0.1) is 12.1 Å². The van der Waals surface area contributed by atoms with Crippen molar-refractivity contribution in [2.45, 2.75) is 51.2 Å². The maximum atomic E-state index is 14.3. The van der Waals surface area contributed by atoms with Crippen LogP contribution in [0.5, 0.6) is 0 Å². The lowest BCUT2D eigenvalue weighted by Gasteiger charge is -2.28. The molecule has 3 atom stereocenters. The number of aromatic nitrogens is 1. The van der Waals surface area contributed by atoms with Gasteiger partial charge < -0.3 is 9.32 Å². The van der Waals surface area contributed by atoms with E-state index >= 15 is 0 Å². The zero-order valence-electron chi connectivity index (χ0n) is 13.1. The van der Waals surface area contributed by atoms with E-state index in [2.05, 4.69) is 4.98 Å². The molecule has 0 radical (unpaired) electrons. The highest BCUT2D eigenvalue weighted by atomic mass is 19.1. The Morgan fingerprint density at radius 2 is 2.39 bits per heavy atom. The Bertz CT molecular complexity index is 523. The van der Waals surface area contributed by atoms with Crippen molar-refractivity contribution in [2.24, 2.45) is 5.92 Å². The topological polar surface area (TPSA) is 95.7 Å². The van der Waals surface area contributed by atoms with Gasteiger partial charge in [0.15, 0.2) is 6.17 Å². The molecule has 0 bridgehead atoms. The van der Waals surface area contributed by atoms with Crippen LogP contribution in [-0.2, 0) is 9.59 Å². The molecule has 2 amide bonds. The fraction of sp³-hybridized carbons (Fsp3) is 0.667. The molecular weight excluding hydrogens is 305 g/mol. The van der Waals surface area contributed by atoms with Crippen LogP contribution in [0.15, 0.2) is 16.9 Å². The molecule has 0 saturated carbocycles. The van der Waals surface area contributed by atoms with Gasteiger partial charge in [-0.25, -0.2) is 14.9 Å². The van der Waals surface area contributed by atoms with E-state index in [-0.39, 0.29) is 12.5 Å². The van der Waals surface area contributed by atoms with Gasteiger partial charge in [-0.3, -0.25) is 14.8 Å². The van der Waals surface area contributed by atoms with Crippen molar-refractivity contribution in [1.82, 2.24) is 15.4 Å². The Balaban J connectivity index is 2.16. The van der Waals surface area contributed by atoms with Gasteiger partial charge in [0.2, 0.25) is 11.8 Å². The number of hydrogen-bond donors (Lipinski definition) is 2. The predicted octanol–water partition coefficient (Wildman–Crippen LogP) is 1.99. The summed E-state index contributed by atoms with van der Waals surface area (Å²) in [7, 11) is 0. The molecule has 23 heavy (non-hydrogen) atoms. The number of hydroxylamine groups is 1. The maximum Gasteiger partial charge on any atom is 0.278 e. The van der Waals surface area contributed by atoms with E-state index in [0.717, 1.165) is 12.8 Å². The van der Waals surface area contributed by atoms with Crippen molar-refractivity contribution < 1.29 is 23.6 Å². The Hall–Kier alpha value is -1.96. The molecule has 1 fully saturated rings. The first-order valence-corrected chi connectivity index (χ1v) is 7.88. The van der Waals surface area contributed by atoms with Crippen LogP contribution in [0.25, 0.3) is 0 Å². The standard InChI is InChI=1S/C15H22FN3O4/c1-2-3-5-10(12(16)13(20)18-22)15(21)19-8-4-6-11(19)14-17-7-9-23-14/h7,9-12,22H,2-6,8H2,1H3,(H,18,20)/t10-,11+,12+/m1/s1. The van der Waals surface area contributed by atoms with Crippen molar-refractivity contribution in [3.8, 4) is 0 Å². The van der Waals surface area contributed by atoms with Crippen LogP contribution >= 0.6 is 0 Å². The molecule has 128 valence electrons. The fourth-order valence-electron chi connectivity index (χ4n) is 2.96. The smallest absolute Gasteiger partial charge is 0.278 e. The molecule has 1 aliphatic rings. The lowest BCUT2D eigenvalue weighted by atomic mass is 9.94. The number of hydrogen-bond acceptors (Lipinski definition) is 5. The van der Waals surface area contributed by atoms with Crippen LogP contribution in [-0.4, -0.2) is 39.6 Å². The zero-order chi connectivity index (χ0) is 16.8. The molecule has 2 rings (SSSR count). The van der Waals surface area contributed by atoms with Crippen molar-refractivity contribution in [3.05, 3.63) is 18.4 Å². The predicted molar refractivity (Wildman–Crippen MR) is 78.0 cm³/mol. The van der Waals surface area contributed by atoms with E-state index < -0.39 is 23.9 Å². The minimum absolute atomic E-state index is 0.249. The summed E-state index contributed by atoms with van der Waals surface area (Å²) in [6.07, 6.45) is 3.96. The number of nitrogens with one attached hydrogen (secondary N) is 1. The van der Waals surface area contributed by atoms with Crippen LogP contribution in [0.1, 0.15) is 51.0 Å². The van der Waals surface area contributed by atoms with Gasteiger partial charge in [-0.05, 0) is 19.3 Å². The molecular formula is C15H22FN3O4. The molecule has 2 N–H and O–H groups in total. The Morgan fingerprint density at radius 3 is 3.00 bits per heavy atom. The molecule has 0 unspecified atom stereocenters. The van der Waals surface area contributed by atoms with E-state index in [0.29, 0.717) is 25.3 Å². The van der Waals surface area contributed by atoms with E-state index in [9.17, 15) is 14.0 Å². The first-order chi connectivity index (χ1) is 11.1. The van der Waals surface area contributed by atoms with E-state index in [1.807, 2.05) is 6.92 Å². The number of carbonyl (C=O) groups excluding carboxylic acids is 2. The Kier molecular flexibility index (Phi) is 6.09. The minimum atomic E-state index is -2.08. The number of oxazole rings is 1. The average Bonchev–Trinajstić information content (AvgIpc) is 3.24. The summed E-state index contributed by atoms with van der Waals surface area (Å²) in [5.74, 6) is -2.31. The summed E-state index contributed by atoms with van der Waals surface area (Å²) in [5.41, 5.74) is 1.29. The summed E-state index contributed by atoms with van der Waals surface area (Å²) in [5, 5.41) is 8.64. The number of rotatable bonds is 7. The molecule has 0 spiro atoms. The first kappa shape index (κ1) is 17.4. The normalized spacial score (nSPS) is 20.3. The number of amides is 2. The maximum absolute atomic E-state index is 14.3. The number of halogens is 1. The van der Waals surface area contributed by atoms with Gasteiger partial charge in [0, 0.05) is 6.54 Å². The van der Waals surface area contributed by atoms with E-state index in [1.165, 1.54) is 22.8 Å². The van der Waals surface area contributed by atoms with Crippen LogP contribution < -0.4 is 5.48 Å². The summed E-state index contributed by atoms with van der Waals surface area (Å²) < 4.78 is 19.6. The number of alkyl halides is 1. The summed E-state index contributed by atoms with van der Waals surface area (Å²) in [6.45, 7) is 2.40. The highest BCUT2D eigenvalue weighted by Gasteiger charge is 2.41. The third-order valence-electron chi connectivity index (χ3n) is 4.17. The average molecular weight is 327 g/mol. The zero-order valence-corrected chi connectivity index (χ0v) is 13.1. The monoisotopic (exact) mass is 327 g/mol. The second-order valence-corrected chi connectivity index (χ2v) is 5.69. The van der Waals surface area contributed by atoms with Crippen molar-refractivity contribution >= 4 is 11.8 Å². The third-order valence-corrected chi connectivity index (χ3v) is 4.17. The minimum Gasteiger partial charge on any atom is -0.447 e. The van der Waals surface area contributed by atoms with E-state index in [4.69, 9.17) is 9.62 Å². The van der Waals surface area contributed by atoms with Gasteiger partial charge >= 0.3 is 0 Å². The summed E-state index contributed by atoms with van der Waals surface area (Å²) in [6, 6.07) is -0.328. The highest BCUT2D eigenvalue weighted by molar-refractivity contribution is 5.89. The molecule has 1 aliphatic heterocycles. The first-order valence-electron chi connectivity index (χ1n) is 7.88. The van der Waals surface area contributed by atoms with Crippen LogP contribution in [0.2, 0.25) is 0 Å². The van der Waals surface area contributed by atoms with Crippen LogP contribution in [0.3, 0.4) is 0 Å². The van der Waals surface area contributed by atoms with Gasteiger partial charge in [-0.1, -0.05) is 19.8 Å². The Morgan fingerprint density at radius 1 is 1.61 bits per heavy atom. The van der Waals surface area contributed by atoms with Gasteiger partial charge in [0.1, 0.15) is 12.3 Å². The number of likely N-dealkylation sites (tertiary alicyclic amines) is 1. The molecule has 7 nitrogen and oxygen atoms in total. The largest absolute Gasteiger partial charge is 0.447 e. The van der Waals surface area contributed by atoms with Crippen molar-refractivity contribution in [2.75, 3.05) is 6.54 Å². The summed E-state index contributed by atoms with van der Waals surface area (Å²) >= 11 is 0. The molecule has 1 aromatic heterocycles. The quantitative estimate of drug-likeness (QED) is 0.590. The molecule has 8 heteroatoms. The summed E-state index contributed by atoms with van der Waals surface area (Å²) in [4.78, 5) is 29.8. The number of unbranched alkanes of at least 4 members (excludes halogenated alkanes) is 1. The van der Waals surface area contributed by atoms with Gasteiger partial charge in [-0.15, -0.1) is 0 Å². The molecule has 0 aromatic carbocycles. The molecule has 1 saturated heterocycles. The van der Waals surface area contributed by atoms with Crippen molar-refractivity contribution in [1.29, 1.82) is 0 Å². The second kappa shape index (κ2) is 8.05. The number of nitrogens with zero attached hydrogens (tertiary/aromatic N) is 2. The van der Waals surface area contributed by atoms with Crippen molar-refractivity contribution in [3.63, 3.8) is 0 Å². The van der Waals surface area contributed by atoms with Crippen LogP contribution in [0, 0.1) is 5.92 Å². The van der Waals surface area contributed by atoms with Gasteiger partial charge in [0.25, 0.3) is 5.91 Å². The molecule has 1 aromatic rings. The van der Waals surface area contributed by atoms with Crippen LogP contribution in [0.4, 0.5) is 4.39 Å². The second-order valence-electron chi connectivity index (χ2n) is 5.69. The number of carbonyl (C=O) groups is 2. The molecule has 2 heterocycles. The highest BCUT2D eigenvalue weighted by Crippen LogP contribution is 2.33. The SMILES string of the molecule is CCCC[C@@H](C(=O)N1CCC[C@H]1c1ncco1)[C@H](F)C(=O)NO. The Labute approximate surface area is 133 Å². The third kappa shape index (κ3) is 3.87. The lowest BCUT2D eigenvalue weighted by molar-refractivity contribution is -0.147. The van der Waals surface area contributed by atoms with Gasteiger partial charge in [-0.2, -0.15) is 0 Å². The molecule has 0 aliphatic carbocycles.